The van der Waals surface area contributed by atoms with Crippen molar-refractivity contribution in [1.29, 1.82) is 0 Å². The number of β-amino-alcohol motifs (C(OH)–C–C–N with tert-alkyl or cyclic N) is 1. The molecule has 1 N–H and O–H groups in total. The van der Waals surface area contributed by atoms with E-state index in [2.05, 4.69) is 0 Å². The zero-order valence-corrected chi connectivity index (χ0v) is 14.2. The molecule has 0 atom stereocenters. The molecule has 0 aromatic heterocycles. The van der Waals surface area contributed by atoms with Gasteiger partial charge in [-0.15, -0.1) is 0 Å². The zero-order valence-electron chi connectivity index (χ0n) is 14.2. The third-order valence-corrected chi connectivity index (χ3v) is 3.72. The van der Waals surface area contributed by atoms with Crippen molar-refractivity contribution in [3.8, 4) is 0 Å². The summed E-state index contributed by atoms with van der Waals surface area (Å²) in [5, 5.41) is 10.8. The molecule has 1 fully saturated rings. The van der Waals surface area contributed by atoms with E-state index < -0.39 is 23.3 Å². The lowest BCUT2D eigenvalue weighted by molar-refractivity contribution is -0.104. The number of amides is 1. The Balaban J connectivity index is 2.15. The van der Waals surface area contributed by atoms with Crippen molar-refractivity contribution >= 4 is 12.1 Å². The van der Waals surface area contributed by atoms with Crippen LogP contribution in [0.3, 0.4) is 0 Å². The van der Waals surface area contributed by atoms with Crippen molar-refractivity contribution in [2.24, 2.45) is 0 Å². The third-order valence-electron chi connectivity index (χ3n) is 3.72. The predicted molar refractivity (Wildman–Crippen MR) is 84.2 cm³/mol. The number of likely N-dealkylation sites (tertiary alicyclic amines) is 1. The Kier molecular flexibility index (Phi) is 4.39. The molecule has 0 saturated carbocycles. The third kappa shape index (κ3) is 3.64. The van der Waals surface area contributed by atoms with Gasteiger partial charge in [0.1, 0.15) is 11.2 Å². The van der Waals surface area contributed by atoms with Gasteiger partial charge < -0.3 is 19.5 Å². The smallest absolute Gasteiger partial charge is 0.410 e. The Morgan fingerprint density at radius 2 is 1.87 bits per heavy atom. The number of rotatable bonds is 2. The second-order valence-electron chi connectivity index (χ2n) is 6.89. The average molecular weight is 321 g/mol. The van der Waals surface area contributed by atoms with Crippen LogP contribution in [0.5, 0.6) is 0 Å². The van der Waals surface area contributed by atoms with Gasteiger partial charge in [0.05, 0.1) is 25.8 Å². The molecule has 126 valence electrons. The van der Waals surface area contributed by atoms with E-state index in [1.807, 2.05) is 6.92 Å². The average Bonchev–Trinajstić information content (AvgIpc) is 2.41. The highest BCUT2D eigenvalue weighted by molar-refractivity contribution is 5.89. The molecule has 1 saturated heterocycles. The van der Waals surface area contributed by atoms with Crippen LogP contribution in [-0.2, 0) is 15.1 Å². The van der Waals surface area contributed by atoms with Crippen molar-refractivity contribution in [2.75, 3.05) is 20.2 Å². The molecule has 0 bridgehead atoms. The standard InChI is InChI=1S/C17H23NO5/c1-11-6-7-12(14(19)22-5)8-13(11)17(21)9-18(10-17)15(20)23-16(2,3)4/h6-8,21H,9-10H2,1-5H3. The predicted octanol–water partition coefficient (Wildman–Crippen LogP) is 2.22. The number of carbonyl (C=O) groups excluding carboxylic acids is 2. The molecule has 1 aliphatic heterocycles. The van der Waals surface area contributed by atoms with Gasteiger partial charge in [-0.3, -0.25) is 0 Å². The summed E-state index contributed by atoms with van der Waals surface area (Å²) in [6.45, 7) is 7.49. The minimum atomic E-state index is -1.18. The lowest BCUT2D eigenvalue weighted by atomic mass is 9.83. The molecule has 6 nitrogen and oxygen atoms in total. The van der Waals surface area contributed by atoms with Crippen LogP contribution in [0.15, 0.2) is 18.2 Å². The first-order valence-electron chi connectivity index (χ1n) is 7.45. The maximum atomic E-state index is 12.0. The Morgan fingerprint density at radius 1 is 1.26 bits per heavy atom. The molecule has 1 aromatic rings. The molecule has 0 unspecified atom stereocenters. The fraction of sp³-hybridized carbons (Fsp3) is 0.529. The number of methoxy groups -OCH3 is 1. The van der Waals surface area contributed by atoms with E-state index >= 15 is 0 Å². The van der Waals surface area contributed by atoms with Gasteiger partial charge in [0.2, 0.25) is 0 Å². The van der Waals surface area contributed by atoms with Crippen LogP contribution in [0.1, 0.15) is 42.3 Å². The molecule has 2 rings (SSSR count). The van der Waals surface area contributed by atoms with E-state index in [0.29, 0.717) is 11.1 Å². The molecule has 1 amide bonds. The highest BCUT2D eigenvalue weighted by Crippen LogP contribution is 2.35. The van der Waals surface area contributed by atoms with Gasteiger partial charge in [0, 0.05) is 0 Å². The number of nitrogens with zero attached hydrogens (tertiary/aromatic N) is 1. The van der Waals surface area contributed by atoms with Gasteiger partial charge in [0.25, 0.3) is 0 Å². The first-order chi connectivity index (χ1) is 10.6. The number of hydrogen-bond donors (Lipinski definition) is 1. The number of aryl methyl sites for hydroxylation is 1. The van der Waals surface area contributed by atoms with Gasteiger partial charge in [-0.25, -0.2) is 9.59 Å². The zero-order chi connectivity index (χ0) is 17.4. The molecular formula is C17H23NO5. The van der Waals surface area contributed by atoms with Crippen molar-refractivity contribution in [2.45, 2.75) is 38.9 Å². The Hall–Kier alpha value is -2.08. The van der Waals surface area contributed by atoms with Gasteiger partial charge >= 0.3 is 12.1 Å². The van der Waals surface area contributed by atoms with Crippen LogP contribution in [0.4, 0.5) is 4.79 Å². The van der Waals surface area contributed by atoms with E-state index in [0.717, 1.165) is 5.56 Å². The molecule has 0 aliphatic carbocycles. The van der Waals surface area contributed by atoms with Crippen molar-refractivity contribution in [3.05, 3.63) is 34.9 Å². The van der Waals surface area contributed by atoms with E-state index in [1.54, 1.807) is 39.0 Å². The lowest BCUT2D eigenvalue weighted by Crippen LogP contribution is -2.62. The summed E-state index contributed by atoms with van der Waals surface area (Å²) in [6.07, 6.45) is -0.455. The normalized spacial score (nSPS) is 16.5. The fourth-order valence-electron chi connectivity index (χ4n) is 2.58. The molecule has 0 spiro atoms. The van der Waals surface area contributed by atoms with Gasteiger partial charge in [-0.2, -0.15) is 0 Å². The summed E-state index contributed by atoms with van der Waals surface area (Å²) in [5.74, 6) is -0.460. The van der Waals surface area contributed by atoms with E-state index in [4.69, 9.17) is 9.47 Å². The van der Waals surface area contributed by atoms with Gasteiger partial charge in [0.15, 0.2) is 0 Å². The minimum Gasteiger partial charge on any atom is -0.465 e. The van der Waals surface area contributed by atoms with Gasteiger partial charge in [-0.05, 0) is 51.0 Å². The lowest BCUT2D eigenvalue weighted by Gasteiger charge is -2.47. The molecule has 1 heterocycles. The second-order valence-corrected chi connectivity index (χ2v) is 6.89. The highest BCUT2D eigenvalue weighted by Gasteiger charge is 2.47. The molecular weight excluding hydrogens is 298 g/mol. The second kappa shape index (κ2) is 5.85. The topological polar surface area (TPSA) is 76.1 Å². The fourth-order valence-corrected chi connectivity index (χ4v) is 2.58. The quantitative estimate of drug-likeness (QED) is 0.845. The van der Waals surface area contributed by atoms with Crippen LogP contribution in [-0.4, -0.2) is 47.9 Å². The molecule has 6 heteroatoms. The van der Waals surface area contributed by atoms with Crippen molar-refractivity contribution < 1.29 is 24.2 Å². The largest absolute Gasteiger partial charge is 0.465 e. The van der Waals surface area contributed by atoms with Crippen LogP contribution in [0.25, 0.3) is 0 Å². The van der Waals surface area contributed by atoms with E-state index in [1.165, 1.54) is 12.0 Å². The van der Waals surface area contributed by atoms with Crippen molar-refractivity contribution in [1.82, 2.24) is 4.90 Å². The molecule has 0 radical (unpaired) electrons. The minimum absolute atomic E-state index is 0.132. The maximum absolute atomic E-state index is 12.0. The SMILES string of the molecule is COC(=O)c1ccc(C)c(C2(O)CN(C(=O)OC(C)(C)C)C2)c1. The van der Waals surface area contributed by atoms with Crippen LogP contribution in [0.2, 0.25) is 0 Å². The first kappa shape index (κ1) is 17.3. The first-order valence-corrected chi connectivity index (χ1v) is 7.45. The number of esters is 1. The number of ether oxygens (including phenoxy) is 2. The highest BCUT2D eigenvalue weighted by atomic mass is 16.6. The van der Waals surface area contributed by atoms with E-state index in [-0.39, 0.29) is 13.1 Å². The van der Waals surface area contributed by atoms with Crippen LogP contribution in [0, 0.1) is 6.92 Å². The molecule has 23 heavy (non-hydrogen) atoms. The van der Waals surface area contributed by atoms with E-state index in [9.17, 15) is 14.7 Å². The van der Waals surface area contributed by atoms with Crippen LogP contribution >= 0.6 is 0 Å². The summed E-state index contributed by atoms with van der Waals surface area (Å²) in [4.78, 5) is 25.1. The Labute approximate surface area is 136 Å². The molecule has 1 aliphatic rings. The van der Waals surface area contributed by atoms with Crippen LogP contribution < -0.4 is 0 Å². The maximum Gasteiger partial charge on any atom is 0.410 e. The van der Waals surface area contributed by atoms with Crippen molar-refractivity contribution in [3.63, 3.8) is 0 Å². The van der Waals surface area contributed by atoms with Gasteiger partial charge in [-0.1, -0.05) is 6.07 Å². The Bertz CT molecular complexity index is 626. The summed E-state index contributed by atoms with van der Waals surface area (Å²) < 4.78 is 9.99. The summed E-state index contributed by atoms with van der Waals surface area (Å²) in [5.41, 5.74) is 0.0951. The molecule has 1 aromatic carbocycles. The monoisotopic (exact) mass is 321 g/mol. The Morgan fingerprint density at radius 3 is 2.39 bits per heavy atom. The number of carbonyl (C=O) groups is 2. The summed E-state index contributed by atoms with van der Waals surface area (Å²) in [6, 6.07) is 5.03. The summed E-state index contributed by atoms with van der Waals surface area (Å²) in [7, 11) is 1.31. The number of hydrogen-bond acceptors (Lipinski definition) is 5. The number of benzene rings is 1. The number of aliphatic hydroxyl groups is 1. The summed E-state index contributed by atoms with van der Waals surface area (Å²) >= 11 is 0.